The molecule has 1 unspecified atom stereocenters. The lowest BCUT2D eigenvalue weighted by molar-refractivity contribution is -0.120. The number of likely N-dealkylation sites (N-methyl/N-ethyl adjacent to an activating group) is 1. The maximum atomic E-state index is 11.8. The number of hydrogen-bond acceptors (Lipinski definition) is 3. The third-order valence-electron chi connectivity index (χ3n) is 2.99. The van der Waals surface area contributed by atoms with E-state index in [-0.39, 0.29) is 11.9 Å². The molecule has 0 fully saturated rings. The van der Waals surface area contributed by atoms with E-state index in [1.54, 1.807) is 6.20 Å². The average molecular weight is 246 g/mol. The number of rotatable bonds is 5. The minimum atomic E-state index is 0.0295. The second-order valence-electron chi connectivity index (χ2n) is 4.38. The van der Waals surface area contributed by atoms with Crippen LogP contribution < -0.4 is 10.6 Å². The van der Waals surface area contributed by atoms with Gasteiger partial charge < -0.3 is 15.6 Å². The van der Waals surface area contributed by atoms with Gasteiger partial charge in [-0.2, -0.15) is 0 Å². The highest BCUT2D eigenvalue weighted by molar-refractivity contribution is 5.87. The smallest absolute Gasteiger partial charge is 0.224 e. The van der Waals surface area contributed by atoms with E-state index in [0.717, 1.165) is 16.6 Å². The van der Waals surface area contributed by atoms with Gasteiger partial charge in [-0.3, -0.25) is 4.79 Å². The summed E-state index contributed by atoms with van der Waals surface area (Å²) in [6, 6.07) is 4.12. The van der Waals surface area contributed by atoms with Crippen LogP contribution in [-0.4, -0.2) is 35.5 Å². The molecule has 0 aromatic carbocycles. The summed E-state index contributed by atoms with van der Waals surface area (Å²) in [7, 11) is 1.88. The second kappa shape index (κ2) is 5.64. The van der Waals surface area contributed by atoms with Crippen molar-refractivity contribution < 1.29 is 4.79 Å². The molecular formula is C13H18N4O. The fourth-order valence-corrected chi connectivity index (χ4v) is 1.76. The minimum absolute atomic E-state index is 0.0295. The monoisotopic (exact) mass is 246 g/mol. The van der Waals surface area contributed by atoms with Crippen LogP contribution in [0.5, 0.6) is 0 Å². The summed E-state index contributed by atoms with van der Waals surface area (Å²) < 4.78 is 0. The van der Waals surface area contributed by atoms with E-state index < -0.39 is 0 Å². The molecule has 2 rings (SSSR count). The number of pyridine rings is 1. The van der Waals surface area contributed by atoms with E-state index in [4.69, 9.17) is 0 Å². The fourth-order valence-electron chi connectivity index (χ4n) is 1.76. The summed E-state index contributed by atoms with van der Waals surface area (Å²) in [6.45, 7) is 2.66. The Hall–Kier alpha value is -1.88. The SMILES string of the molecule is CNC(C)CNC(=O)Cc1c[nH]c2ncccc12. The number of aromatic nitrogens is 2. The Balaban J connectivity index is 1.99. The van der Waals surface area contributed by atoms with Crippen molar-refractivity contribution in [1.29, 1.82) is 0 Å². The molecule has 2 aromatic rings. The lowest BCUT2D eigenvalue weighted by Gasteiger charge is -2.11. The molecule has 0 spiro atoms. The second-order valence-corrected chi connectivity index (χ2v) is 4.38. The van der Waals surface area contributed by atoms with Crippen molar-refractivity contribution >= 4 is 16.9 Å². The van der Waals surface area contributed by atoms with Gasteiger partial charge in [0, 0.05) is 30.4 Å². The van der Waals surface area contributed by atoms with Crippen molar-refractivity contribution in [2.24, 2.45) is 0 Å². The third kappa shape index (κ3) is 2.87. The molecule has 5 heteroatoms. The Morgan fingerprint density at radius 1 is 1.56 bits per heavy atom. The van der Waals surface area contributed by atoms with Gasteiger partial charge in [0.2, 0.25) is 5.91 Å². The van der Waals surface area contributed by atoms with Gasteiger partial charge in [0.25, 0.3) is 0 Å². The van der Waals surface area contributed by atoms with E-state index in [9.17, 15) is 4.79 Å². The molecular weight excluding hydrogens is 228 g/mol. The van der Waals surface area contributed by atoms with E-state index in [1.165, 1.54) is 0 Å². The summed E-state index contributed by atoms with van der Waals surface area (Å²) in [5, 5.41) is 6.99. The number of H-pyrrole nitrogens is 1. The zero-order valence-electron chi connectivity index (χ0n) is 10.7. The number of carbonyl (C=O) groups is 1. The van der Waals surface area contributed by atoms with E-state index in [0.29, 0.717) is 13.0 Å². The first-order valence-corrected chi connectivity index (χ1v) is 6.05. The van der Waals surface area contributed by atoms with Gasteiger partial charge in [0.15, 0.2) is 0 Å². The molecule has 0 saturated carbocycles. The molecule has 0 bridgehead atoms. The maximum Gasteiger partial charge on any atom is 0.224 e. The lowest BCUT2D eigenvalue weighted by atomic mass is 10.1. The number of amides is 1. The van der Waals surface area contributed by atoms with Crippen LogP contribution >= 0.6 is 0 Å². The Labute approximate surface area is 106 Å². The van der Waals surface area contributed by atoms with Crippen LogP contribution in [-0.2, 0) is 11.2 Å². The minimum Gasteiger partial charge on any atom is -0.354 e. The maximum absolute atomic E-state index is 11.8. The predicted molar refractivity (Wildman–Crippen MR) is 71.3 cm³/mol. The predicted octanol–water partition coefficient (Wildman–Crippen LogP) is 0.830. The van der Waals surface area contributed by atoms with Crippen LogP contribution in [0.15, 0.2) is 24.5 Å². The van der Waals surface area contributed by atoms with Gasteiger partial charge in [0.1, 0.15) is 5.65 Å². The van der Waals surface area contributed by atoms with Gasteiger partial charge in [-0.15, -0.1) is 0 Å². The largest absolute Gasteiger partial charge is 0.354 e. The quantitative estimate of drug-likeness (QED) is 0.732. The van der Waals surface area contributed by atoms with Gasteiger partial charge in [0.05, 0.1) is 6.42 Å². The number of nitrogens with one attached hydrogen (secondary N) is 3. The van der Waals surface area contributed by atoms with Crippen molar-refractivity contribution in [3.05, 3.63) is 30.1 Å². The van der Waals surface area contributed by atoms with Crippen LogP contribution in [0.3, 0.4) is 0 Å². The first-order chi connectivity index (χ1) is 8.70. The van der Waals surface area contributed by atoms with Crippen molar-refractivity contribution in [2.45, 2.75) is 19.4 Å². The van der Waals surface area contributed by atoms with Gasteiger partial charge in [-0.1, -0.05) is 0 Å². The van der Waals surface area contributed by atoms with Gasteiger partial charge in [-0.25, -0.2) is 4.98 Å². The normalized spacial score (nSPS) is 12.6. The Bertz CT molecular complexity index is 535. The molecule has 0 aliphatic carbocycles. The molecule has 1 atom stereocenters. The zero-order chi connectivity index (χ0) is 13.0. The Morgan fingerprint density at radius 3 is 3.17 bits per heavy atom. The van der Waals surface area contributed by atoms with Crippen LogP contribution in [0.1, 0.15) is 12.5 Å². The van der Waals surface area contributed by atoms with Crippen molar-refractivity contribution in [2.75, 3.05) is 13.6 Å². The average Bonchev–Trinajstić information content (AvgIpc) is 2.79. The molecule has 96 valence electrons. The summed E-state index contributed by atoms with van der Waals surface area (Å²) in [5.74, 6) is 0.0295. The molecule has 0 radical (unpaired) electrons. The first-order valence-electron chi connectivity index (χ1n) is 6.05. The molecule has 2 heterocycles. The number of carbonyl (C=O) groups excluding carboxylic acids is 1. The molecule has 1 amide bonds. The number of nitrogens with zero attached hydrogens (tertiary/aromatic N) is 1. The molecule has 0 aliphatic heterocycles. The molecule has 5 nitrogen and oxygen atoms in total. The Kier molecular flexibility index (Phi) is 3.94. The highest BCUT2D eigenvalue weighted by atomic mass is 16.1. The number of aromatic amines is 1. The fraction of sp³-hybridized carbons (Fsp3) is 0.385. The van der Waals surface area contributed by atoms with E-state index in [1.807, 2.05) is 32.3 Å². The first kappa shape index (κ1) is 12.6. The topological polar surface area (TPSA) is 69.8 Å². The van der Waals surface area contributed by atoms with Gasteiger partial charge >= 0.3 is 0 Å². The summed E-state index contributed by atoms with van der Waals surface area (Å²) in [4.78, 5) is 19.1. The summed E-state index contributed by atoms with van der Waals surface area (Å²) in [6.07, 6.45) is 3.96. The molecule has 0 saturated heterocycles. The Morgan fingerprint density at radius 2 is 2.39 bits per heavy atom. The highest BCUT2D eigenvalue weighted by Gasteiger charge is 2.09. The molecule has 18 heavy (non-hydrogen) atoms. The van der Waals surface area contributed by atoms with Crippen LogP contribution in [0, 0.1) is 0 Å². The standard InChI is InChI=1S/C13H18N4O/c1-9(14-2)7-16-12(18)6-10-8-17-13-11(10)4-3-5-15-13/h3-5,8-9,14H,6-7H2,1-2H3,(H,15,17)(H,16,18). The molecule has 3 N–H and O–H groups in total. The van der Waals surface area contributed by atoms with Gasteiger partial charge in [-0.05, 0) is 31.7 Å². The summed E-state index contributed by atoms with van der Waals surface area (Å²) in [5.41, 5.74) is 1.80. The van der Waals surface area contributed by atoms with Crippen molar-refractivity contribution in [3.63, 3.8) is 0 Å². The molecule has 0 aliphatic rings. The van der Waals surface area contributed by atoms with Crippen LogP contribution in [0.25, 0.3) is 11.0 Å². The third-order valence-corrected chi connectivity index (χ3v) is 2.99. The van der Waals surface area contributed by atoms with E-state index >= 15 is 0 Å². The zero-order valence-corrected chi connectivity index (χ0v) is 10.7. The molecule has 2 aromatic heterocycles. The van der Waals surface area contributed by atoms with Crippen molar-refractivity contribution in [3.8, 4) is 0 Å². The lowest BCUT2D eigenvalue weighted by Crippen LogP contribution is -2.37. The van der Waals surface area contributed by atoms with Crippen LogP contribution in [0.4, 0.5) is 0 Å². The van der Waals surface area contributed by atoms with Crippen LogP contribution in [0.2, 0.25) is 0 Å². The highest BCUT2D eigenvalue weighted by Crippen LogP contribution is 2.15. The summed E-state index contributed by atoms with van der Waals surface area (Å²) >= 11 is 0. The number of hydrogen-bond donors (Lipinski definition) is 3. The number of fused-ring (bicyclic) bond motifs is 1. The van der Waals surface area contributed by atoms with Crippen molar-refractivity contribution in [1.82, 2.24) is 20.6 Å². The van der Waals surface area contributed by atoms with E-state index in [2.05, 4.69) is 20.6 Å².